The molecule has 0 aliphatic heterocycles. The Morgan fingerprint density at radius 3 is 2.50 bits per heavy atom. The van der Waals surface area contributed by atoms with Crippen LogP contribution in [0.2, 0.25) is 0 Å². The van der Waals surface area contributed by atoms with Gasteiger partial charge in [0.05, 0.1) is 6.61 Å². The fourth-order valence-electron chi connectivity index (χ4n) is 0.582. The molecule has 0 saturated carbocycles. The number of aromatic nitrogens is 3. The van der Waals surface area contributed by atoms with Gasteiger partial charge in [-0.3, -0.25) is 5.10 Å². The minimum Gasteiger partial charge on any atom is -0.461 e. The van der Waals surface area contributed by atoms with Crippen molar-refractivity contribution in [1.29, 1.82) is 0 Å². The maximum atomic E-state index is 10.9. The summed E-state index contributed by atoms with van der Waals surface area (Å²) < 4.78 is 4.93. The largest absolute Gasteiger partial charge is 0.461 e. The number of carbonyl (C=O) groups is 1. The summed E-state index contributed by atoms with van der Waals surface area (Å²) in [5.74, 6) is -0.505. The van der Waals surface area contributed by atoms with Gasteiger partial charge in [-0.15, -0.1) is 5.10 Å². The standard InChI is InChI=1S/C5H7N3O2S.2Na.H2O/c1-2-10-5(9)3-4(11)7-8-6-3;;;/h2H2,1H3,(H2,6,7,8,11);;;1H2. The minimum absolute atomic E-state index is 0. The van der Waals surface area contributed by atoms with E-state index >= 15 is 0 Å². The first-order valence-electron chi connectivity index (χ1n) is 3.06. The van der Waals surface area contributed by atoms with Crippen molar-refractivity contribution < 1.29 is 15.0 Å². The Kier molecular flexibility index (Phi) is 14.9. The van der Waals surface area contributed by atoms with Crippen LogP contribution in [0.1, 0.15) is 17.4 Å². The molecule has 0 atom stereocenters. The van der Waals surface area contributed by atoms with Crippen LogP contribution in [0.5, 0.6) is 0 Å². The average Bonchev–Trinajstić information content (AvgIpc) is 2.36. The van der Waals surface area contributed by atoms with Gasteiger partial charge < -0.3 is 10.2 Å². The zero-order valence-corrected chi connectivity index (χ0v) is 13.2. The first-order valence-corrected chi connectivity index (χ1v) is 3.46. The second kappa shape index (κ2) is 10.3. The Bertz CT molecular complexity index is 313. The van der Waals surface area contributed by atoms with Crippen LogP contribution in [0, 0.1) is 4.64 Å². The van der Waals surface area contributed by atoms with Gasteiger partial charge in [-0.25, -0.2) is 10.0 Å². The molecular weight excluding hydrogens is 228 g/mol. The molecule has 6 nitrogen and oxygen atoms in total. The predicted octanol–water partition coefficient (Wildman–Crippen LogP) is -0.942. The molecule has 1 heterocycles. The SMILES string of the molecule is CCOC(=O)c1n[nH][nH]c1=S.O.[Na].[Na]. The second-order valence-corrected chi connectivity index (χ2v) is 2.16. The molecule has 1 aromatic rings. The van der Waals surface area contributed by atoms with Gasteiger partial charge in [0, 0.05) is 59.1 Å². The molecule has 70 valence electrons. The number of nitrogens with one attached hydrogen (secondary N) is 2. The second-order valence-electron chi connectivity index (χ2n) is 1.75. The number of H-pyrrole nitrogens is 2. The average molecular weight is 237 g/mol. The van der Waals surface area contributed by atoms with Gasteiger partial charge in [-0.05, 0) is 6.92 Å². The van der Waals surface area contributed by atoms with E-state index in [1.165, 1.54) is 0 Å². The molecule has 0 aromatic carbocycles. The van der Waals surface area contributed by atoms with E-state index < -0.39 is 5.97 Å². The number of rotatable bonds is 2. The first kappa shape index (κ1) is 20.2. The molecule has 2 radical (unpaired) electrons. The van der Waals surface area contributed by atoms with Crippen molar-refractivity contribution in [2.75, 3.05) is 6.61 Å². The third kappa shape index (κ3) is 5.62. The monoisotopic (exact) mass is 237 g/mol. The van der Waals surface area contributed by atoms with Crippen molar-refractivity contribution in [1.82, 2.24) is 15.4 Å². The summed E-state index contributed by atoms with van der Waals surface area (Å²) >= 11 is 4.73. The number of ether oxygens (including phenoxy) is 1. The van der Waals surface area contributed by atoms with Crippen LogP contribution in [0.15, 0.2) is 0 Å². The molecule has 4 N–H and O–H groups in total. The summed E-state index contributed by atoms with van der Waals surface area (Å²) in [6, 6.07) is 0. The third-order valence-electron chi connectivity index (χ3n) is 1.02. The number of hydrogen-bond donors (Lipinski definition) is 2. The molecule has 0 spiro atoms. The third-order valence-corrected chi connectivity index (χ3v) is 1.32. The van der Waals surface area contributed by atoms with Gasteiger partial charge in [-0.1, -0.05) is 12.2 Å². The minimum atomic E-state index is -0.505. The van der Waals surface area contributed by atoms with Crippen molar-refractivity contribution in [2.24, 2.45) is 0 Å². The van der Waals surface area contributed by atoms with Crippen LogP contribution in [0.4, 0.5) is 0 Å². The summed E-state index contributed by atoms with van der Waals surface area (Å²) in [5, 5.41) is 8.42. The summed E-state index contributed by atoms with van der Waals surface area (Å²) in [6.45, 7) is 2.04. The van der Waals surface area contributed by atoms with Crippen molar-refractivity contribution in [3.05, 3.63) is 10.3 Å². The number of nitrogens with zero attached hydrogens (tertiary/aromatic N) is 1. The van der Waals surface area contributed by atoms with Gasteiger partial charge in [0.1, 0.15) is 0 Å². The summed E-state index contributed by atoms with van der Waals surface area (Å²) in [4.78, 5) is 10.9. The van der Waals surface area contributed by atoms with Crippen LogP contribution >= 0.6 is 12.2 Å². The molecule has 9 heteroatoms. The fraction of sp³-hybridized carbons (Fsp3) is 0.400. The van der Waals surface area contributed by atoms with Gasteiger partial charge in [0.15, 0.2) is 4.64 Å². The maximum Gasteiger partial charge on any atom is 0.362 e. The Morgan fingerprint density at radius 1 is 1.57 bits per heavy atom. The van der Waals surface area contributed by atoms with Crippen LogP contribution in [0.25, 0.3) is 0 Å². The van der Waals surface area contributed by atoms with E-state index in [1.807, 2.05) is 0 Å². The summed E-state index contributed by atoms with van der Waals surface area (Å²) in [7, 11) is 0. The maximum absolute atomic E-state index is 10.9. The topological polar surface area (TPSA) is 102 Å². The zero-order valence-electron chi connectivity index (χ0n) is 8.38. The smallest absolute Gasteiger partial charge is 0.362 e. The normalized spacial score (nSPS) is 7.50. The van der Waals surface area contributed by atoms with Crippen molar-refractivity contribution in [3.8, 4) is 0 Å². The molecule has 1 aromatic heterocycles. The fourth-order valence-corrected chi connectivity index (χ4v) is 0.757. The Morgan fingerprint density at radius 2 is 2.14 bits per heavy atom. The molecule has 1 rings (SSSR count). The number of esters is 1. The predicted molar refractivity (Wildman–Crippen MR) is 54.9 cm³/mol. The van der Waals surface area contributed by atoms with E-state index in [-0.39, 0.29) is 74.9 Å². The molecule has 0 unspecified atom stereocenters. The molecule has 0 aliphatic carbocycles. The Labute approximate surface area is 130 Å². The Hall–Kier alpha value is 0.790. The van der Waals surface area contributed by atoms with Crippen LogP contribution in [-0.4, -0.2) is 92.6 Å². The van der Waals surface area contributed by atoms with Gasteiger partial charge >= 0.3 is 5.97 Å². The van der Waals surface area contributed by atoms with E-state index in [1.54, 1.807) is 6.92 Å². The van der Waals surface area contributed by atoms with Crippen molar-refractivity contribution in [2.45, 2.75) is 6.92 Å². The summed E-state index contributed by atoms with van der Waals surface area (Å²) in [6.07, 6.45) is 0. The van der Waals surface area contributed by atoms with Gasteiger partial charge in [-0.2, -0.15) is 0 Å². The summed E-state index contributed by atoms with van der Waals surface area (Å²) in [5.41, 5.74) is 0.127. The van der Waals surface area contributed by atoms with E-state index in [9.17, 15) is 4.79 Å². The number of aromatic amines is 2. The van der Waals surface area contributed by atoms with Crippen LogP contribution in [0.3, 0.4) is 0 Å². The molecule has 0 saturated heterocycles. The molecule has 14 heavy (non-hydrogen) atoms. The molecule has 0 bridgehead atoms. The molecular formula is C5H9N3Na2O3S. The van der Waals surface area contributed by atoms with Crippen molar-refractivity contribution >= 4 is 77.3 Å². The number of carbonyl (C=O) groups excluding carboxylic acids is 1. The van der Waals surface area contributed by atoms with Crippen molar-refractivity contribution in [3.63, 3.8) is 0 Å². The van der Waals surface area contributed by atoms with E-state index in [2.05, 4.69) is 20.1 Å². The van der Waals surface area contributed by atoms with Crippen LogP contribution in [-0.2, 0) is 4.74 Å². The zero-order chi connectivity index (χ0) is 8.27. The van der Waals surface area contributed by atoms with E-state index in [0.29, 0.717) is 6.61 Å². The first-order chi connectivity index (χ1) is 5.25. The van der Waals surface area contributed by atoms with Crippen LogP contribution < -0.4 is 0 Å². The van der Waals surface area contributed by atoms with Gasteiger partial charge in [0.25, 0.3) is 0 Å². The Balaban J connectivity index is -0.000000403. The molecule has 0 amide bonds. The van der Waals surface area contributed by atoms with Gasteiger partial charge in [0.2, 0.25) is 5.69 Å². The van der Waals surface area contributed by atoms with E-state index in [4.69, 9.17) is 12.2 Å². The number of hydrogen-bond acceptors (Lipinski definition) is 4. The quantitative estimate of drug-likeness (QED) is 0.393. The van der Waals surface area contributed by atoms with E-state index in [0.717, 1.165) is 0 Å². The molecule has 0 fully saturated rings. The molecule has 0 aliphatic rings.